The van der Waals surface area contributed by atoms with Crippen LogP contribution in [-0.2, 0) is 11.2 Å². The monoisotopic (exact) mass is 333 g/mol. The molecule has 1 aliphatic carbocycles. The maximum atomic E-state index is 5.69. The third-order valence-corrected chi connectivity index (χ3v) is 4.10. The number of nitrogens with one attached hydrogen (secondary N) is 1. The predicted molar refractivity (Wildman–Crippen MR) is 98.8 cm³/mol. The number of benzene rings is 1. The summed E-state index contributed by atoms with van der Waals surface area (Å²) in [5, 5.41) is 3.41. The molecule has 5 nitrogen and oxygen atoms in total. The predicted octanol–water partition coefficient (Wildman–Crippen LogP) is 2.56. The number of hydrogen-bond acceptors (Lipinski definition) is 3. The van der Waals surface area contributed by atoms with Crippen molar-refractivity contribution in [2.45, 2.75) is 26.2 Å². The Morgan fingerprint density at radius 3 is 2.92 bits per heavy atom. The van der Waals surface area contributed by atoms with E-state index in [2.05, 4.69) is 27.3 Å². The second-order valence-corrected chi connectivity index (χ2v) is 6.24. The third kappa shape index (κ3) is 6.79. The smallest absolute Gasteiger partial charge is 0.193 e. The van der Waals surface area contributed by atoms with E-state index in [-0.39, 0.29) is 0 Å². The van der Waals surface area contributed by atoms with Crippen LogP contribution >= 0.6 is 0 Å². The van der Waals surface area contributed by atoms with Crippen LogP contribution in [-0.4, -0.2) is 57.9 Å². The summed E-state index contributed by atoms with van der Waals surface area (Å²) in [4.78, 5) is 6.46. The second kappa shape index (κ2) is 10.2. The van der Waals surface area contributed by atoms with E-state index in [4.69, 9.17) is 9.47 Å². The Bertz CT molecular complexity index is 515. The van der Waals surface area contributed by atoms with Crippen LogP contribution in [0, 0.1) is 5.92 Å². The zero-order chi connectivity index (χ0) is 17.2. The summed E-state index contributed by atoms with van der Waals surface area (Å²) in [7, 11) is 3.87. The quantitative estimate of drug-likeness (QED) is 0.406. The molecule has 1 aliphatic rings. The molecule has 0 radical (unpaired) electrons. The van der Waals surface area contributed by atoms with Gasteiger partial charge in [-0.1, -0.05) is 12.1 Å². The van der Waals surface area contributed by atoms with Crippen molar-refractivity contribution >= 4 is 5.96 Å². The molecule has 0 spiro atoms. The Hall–Kier alpha value is -1.75. The first-order valence-corrected chi connectivity index (χ1v) is 8.94. The summed E-state index contributed by atoms with van der Waals surface area (Å²) in [6.07, 6.45) is 3.61. The Morgan fingerprint density at radius 2 is 2.21 bits per heavy atom. The highest BCUT2D eigenvalue weighted by Crippen LogP contribution is 2.28. The van der Waals surface area contributed by atoms with E-state index in [1.165, 1.54) is 18.4 Å². The lowest BCUT2D eigenvalue weighted by atomic mass is 10.1. The molecule has 1 N–H and O–H groups in total. The van der Waals surface area contributed by atoms with Crippen molar-refractivity contribution in [2.75, 3.05) is 47.0 Å². The maximum absolute atomic E-state index is 5.69. The average molecular weight is 333 g/mol. The van der Waals surface area contributed by atoms with Gasteiger partial charge in [0.2, 0.25) is 0 Å². The van der Waals surface area contributed by atoms with E-state index in [1.807, 2.05) is 33.2 Å². The van der Waals surface area contributed by atoms with Crippen molar-refractivity contribution in [1.82, 2.24) is 10.2 Å². The van der Waals surface area contributed by atoms with Gasteiger partial charge in [-0.25, -0.2) is 0 Å². The molecular weight excluding hydrogens is 302 g/mol. The maximum Gasteiger partial charge on any atom is 0.193 e. The van der Waals surface area contributed by atoms with E-state index >= 15 is 0 Å². The van der Waals surface area contributed by atoms with E-state index in [9.17, 15) is 0 Å². The first-order valence-electron chi connectivity index (χ1n) is 8.94. The standard InChI is InChI=1S/C19H31N3O2/c1-4-24-18-7-5-6-16(14-18)10-11-21-19(20-2)22(3)12-13-23-15-17-8-9-17/h5-7,14,17H,4,8-13,15H2,1-3H3,(H,20,21). The lowest BCUT2D eigenvalue weighted by molar-refractivity contribution is 0.115. The third-order valence-electron chi connectivity index (χ3n) is 4.10. The van der Waals surface area contributed by atoms with Crippen molar-refractivity contribution in [1.29, 1.82) is 0 Å². The highest BCUT2D eigenvalue weighted by atomic mass is 16.5. The van der Waals surface area contributed by atoms with Crippen molar-refractivity contribution in [3.8, 4) is 5.75 Å². The molecule has 2 rings (SSSR count). The molecule has 0 bridgehead atoms. The molecule has 0 aliphatic heterocycles. The van der Waals surface area contributed by atoms with Crippen LogP contribution in [0.25, 0.3) is 0 Å². The van der Waals surface area contributed by atoms with Crippen LogP contribution < -0.4 is 10.1 Å². The van der Waals surface area contributed by atoms with Crippen LogP contribution in [0.1, 0.15) is 25.3 Å². The van der Waals surface area contributed by atoms with Gasteiger partial charge >= 0.3 is 0 Å². The summed E-state index contributed by atoms with van der Waals surface area (Å²) < 4.78 is 11.2. The molecular formula is C19H31N3O2. The number of hydrogen-bond donors (Lipinski definition) is 1. The van der Waals surface area contributed by atoms with Crippen LogP contribution in [0.15, 0.2) is 29.3 Å². The first kappa shape index (κ1) is 18.6. The van der Waals surface area contributed by atoms with Gasteiger partial charge in [-0.2, -0.15) is 0 Å². The van der Waals surface area contributed by atoms with Gasteiger partial charge in [0.1, 0.15) is 5.75 Å². The fourth-order valence-corrected chi connectivity index (χ4v) is 2.50. The first-order chi connectivity index (χ1) is 11.7. The van der Waals surface area contributed by atoms with Crippen molar-refractivity contribution < 1.29 is 9.47 Å². The topological polar surface area (TPSA) is 46.1 Å². The highest BCUT2D eigenvalue weighted by Gasteiger charge is 2.21. The van der Waals surface area contributed by atoms with Crippen molar-refractivity contribution in [3.63, 3.8) is 0 Å². The zero-order valence-electron chi connectivity index (χ0n) is 15.3. The average Bonchev–Trinajstić information content (AvgIpc) is 3.40. The van der Waals surface area contributed by atoms with Gasteiger partial charge in [0.25, 0.3) is 0 Å². The molecule has 0 amide bonds. The molecule has 1 fully saturated rings. The van der Waals surface area contributed by atoms with Gasteiger partial charge in [0.15, 0.2) is 5.96 Å². The summed E-state index contributed by atoms with van der Waals surface area (Å²) in [5.74, 6) is 2.66. The molecule has 5 heteroatoms. The van der Waals surface area contributed by atoms with Gasteiger partial charge in [-0.15, -0.1) is 0 Å². The minimum absolute atomic E-state index is 0.696. The van der Waals surface area contributed by atoms with E-state index < -0.39 is 0 Å². The van der Waals surface area contributed by atoms with E-state index in [0.717, 1.165) is 50.4 Å². The number of ether oxygens (including phenoxy) is 2. The fourth-order valence-electron chi connectivity index (χ4n) is 2.50. The molecule has 0 saturated heterocycles. The lowest BCUT2D eigenvalue weighted by Crippen LogP contribution is -2.41. The molecule has 0 atom stereocenters. The number of aliphatic imine (C=N–C) groups is 1. The van der Waals surface area contributed by atoms with Gasteiger partial charge in [0, 0.05) is 33.8 Å². The van der Waals surface area contributed by atoms with Crippen LogP contribution in [0.5, 0.6) is 5.75 Å². The number of likely N-dealkylation sites (N-methyl/N-ethyl adjacent to an activating group) is 1. The molecule has 0 unspecified atom stereocenters. The molecule has 1 aromatic rings. The molecule has 1 saturated carbocycles. The normalized spacial score (nSPS) is 14.5. The Morgan fingerprint density at radius 1 is 1.38 bits per heavy atom. The minimum Gasteiger partial charge on any atom is -0.494 e. The summed E-state index contributed by atoms with van der Waals surface area (Å²) in [6, 6.07) is 8.26. The highest BCUT2D eigenvalue weighted by molar-refractivity contribution is 5.79. The molecule has 24 heavy (non-hydrogen) atoms. The van der Waals surface area contributed by atoms with Crippen molar-refractivity contribution in [2.24, 2.45) is 10.9 Å². The summed E-state index contributed by atoms with van der Waals surface area (Å²) in [5.41, 5.74) is 1.26. The molecule has 0 heterocycles. The lowest BCUT2D eigenvalue weighted by Gasteiger charge is -2.22. The SMILES string of the molecule is CCOc1cccc(CCNC(=NC)N(C)CCOCC2CC2)c1. The zero-order valence-corrected chi connectivity index (χ0v) is 15.3. The largest absolute Gasteiger partial charge is 0.494 e. The van der Waals surface area contributed by atoms with Gasteiger partial charge in [-0.3, -0.25) is 4.99 Å². The van der Waals surface area contributed by atoms with Crippen LogP contribution in [0.4, 0.5) is 0 Å². The van der Waals surface area contributed by atoms with Gasteiger partial charge in [-0.05, 0) is 49.8 Å². The van der Waals surface area contributed by atoms with Crippen LogP contribution in [0.3, 0.4) is 0 Å². The number of rotatable bonds is 10. The summed E-state index contributed by atoms with van der Waals surface area (Å²) >= 11 is 0. The molecule has 1 aromatic carbocycles. The minimum atomic E-state index is 0.696. The van der Waals surface area contributed by atoms with Gasteiger partial charge in [0.05, 0.1) is 13.2 Å². The number of guanidine groups is 1. The fraction of sp³-hybridized carbons (Fsp3) is 0.632. The van der Waals surface area contributed by atoms with E-state index in [0.29, 0.717) is 6.61 Å². The van der Waals surface area contributed by atoms with E-state index in [1.54, 1.807) is 0 Å². The Labute approximate surface area is 146 Å². The molecule has 0 aromatic heterocycles. The Kier molecular flexibility index (Phi) is 7.89. The van der Waals surface area contributed by atoms with Gasteiger partial charge < -0.3 is 19.7 Å². The molecule has 134 valence electrons. The second-order valence-electron chi connectivity index (χ2n) is 6.24. The summed E-state index contributed by atoms with van der Waals surface area (Å²) in [6.45, 7) is 6.06. The number of nitrogens with zero attached hydrogens (tertiary/aromatic N) is 2. The van der Waals surface area contributed by atoms with Crippen LogP contribution in [0.2, 0.25) is 0 Å². The van der Waals surface area contributed by atoms with Crippen molar-refractivity contribution in [3.05, 3.63) is 29.8 Å². The Balaban J connectivity index is 1.67.